The number of hydrogen-bond acceptors (Lipinski definition) is 6. The molecule has 2 heterocycles. The molecule has 1 amide bonds. The Hall–Kier alpha value is -3.39. The van der Waals surface area contributed by atoms with Gasteiger partial charge in [0.15, 0.2) is 5.69 Å². The summed E-state index contributed by atoms with van der Waals surface area (Å²) < 4.78 is 12.0. The number of methoxy groups -OCH3 is 2. The van der Waals surface area contributed by atoms with Crippen LogP contribution in [0, 0.1) is 5.92 Å². The lowest BCUT2D eigenvalue weighted by Crippen LogP contribution is -2.19. The van der Waals surface area contributed by atoms with Crippen molar-refractivity contribution in [3.63, 3.8) is 0 Å². The molecule has 0 atom stereocenters. The second-order valence-corrected chi connectivity index (χ2v) is 8.26. The van der Waals surface area contributed by atoms with Crippen LogP contribution in [0.25, 0.3) is 11.0 Å². The van der Waals surface area contributed by atoms with Crippen LogP contribution < -0.4 is 10.6 Å². The molecule has 1 aromatic carbocycles. The molecule has 0 bridgehead atoms. The smallest absolute Gasteiger partial charge is 0.356 e. The molecule has 0 aliphatic rings. The van der Waals surface area contributed by atoms with E-state index in [1.807, 2.05) is 38.1 Å². The fourth-order valence-corrected chi connectivity index (χ4v) is 3.71. The van der Waals surface area contributed by atoms with E-state index in [0.717, 1.165) is 18.7 Å². The summed E-state index contributed by atoms with van der Waals surface area (Å²) in [5.41, 5.74) is 3.30. The minimum absolute atomic E-state index is 0.164. The maximum absolute atomic E-state index is 12.7. The first-order valence-corrected chi connectivity index (χ1v) is 11.1. The highest BCUT2D eigenvalue weighted by Gasteiger charge is 2.26. The minimum Gasteiger partial charge on any atom is -0.464 e. The van der Waals surface area contributed by atoms with E-state index >= 15 is 0 Å². The molecule has 8 nitrogen and oxygen atoms in total. The molecule has 3 aromatic rings. The summed E-state index contributed by atoms with van der Waals surface area (Å²) in [4.78, 5) is 30.0. The first-order valence-electron chi connectivity index (χ1n) is 11.1. The van der Waals surface area contributed by atoms with Crippen LogP contribution in [-0.4, -0.2) is 48.8 Å². The van der Waals surface area contributed by atoms with Crippen LogP contribution in [0.2, 0.25) is 0 Å². The Morgan fingerprint density at radius 1 is 1.15 bits per heavy atom. The second-order valence-electron chi connectivity index (χ2n) is 8.26. The highest BCUT2D eigenvalue weighted by Crippen LogP contribution is 2.33. The largest absolute Gasteiger partial charge is 0.464 e. The van der Waals surface area contributed by atoms with Crippen molar-refractivity contribution >= 4 is 34.3 Å². The molecule has 2 N–H and O–H groups in total. The molecule has 0 spiro atoms. The molecule has 0 saturated carbocycles. The van der Waals surface area contributed by atoms with Crippen molar-refractivity contribution in [2.75, 3.05) is 38.0 Å². The Balaban J connectivity index is 1.98. The zero-order valence-electron chi connectivity index (χ0n) is 19.7. The summed E-state index contributed by atoms with van der Waals surface area (Å²) in [7, 11) is 2.92. The third-order valence-electron chi connectivity index (χ3n) is 5.24. The monoisotopic (exact) mass is 452 g/mol. The fourth-order valence-electron chi connectivity index (χ4n) is 3.71. The number of pyridine rings is 1. The lowest BCUT2D eigenvalue weighted by molar-refractivity contribution is -0.116. The van der Waals surface area contributed by atoms with E-state index in [1.165, 1.54) is 12.7 Å². The summed E-state index contributed by atoms with van der Waals surface area (Å²) in [5.74, 6) is -0.521. The maximum Gasteiger partial charge on any atom is 0.356 e. The van der Waals surface area contributed by atoms with Gasteiger partial charge in [-0.2, -0.15) is 0 Å². The van der Waals surface area contributed by atoms with Gasteiger partial charge in [-0.15, -0.1) is 0 Å². The summed E-state index contributed by atoms with van der Waals surface area (Å²) in [6.07, 6.45) is 2.93. The number of rotatable bonds is 11. The number of carbonyl (C=O) groups is 2. The SMILES string of the molecule is COCCn1c(C(=O)OC)c(NC(=O)CC(C)C)c2cc(NCCc3ccccc3)cnc21. The molecule has 0 aliphatic carbocycles. The lowest BCUT2D eigenvalue weighted by Gasteiger charge is -2.11. The van der Waals surface area contributed by atoms with Gasteiger partial charge in [0.1, 0.15) is 5.65 Å². The van der Waals surface area contributed by atoms with Crippen molar-refractivity contribution in [1.29, 1.82) is 0 Å². The summed E-state index contributed by atoms with van der Waals surface area (Å²) >= 11 is 0. The average molecular weight is 453 g/mol. The molecule has 0 unspecified atom stereocenters. The number of aromatic nitrogens is 2. The van der Waals surface area contributed by atoms with E-state index in [-0.39, 0.29) is 17.5 Å². The fraction of sp³-hybridized carbons (Fsp3) is 0.400. The van der Waals surface area contributed by atoms with E-state index in [1.54, 1.807) is 17.9 Å². The van der Waals surface area contributed by atoms with Gasteiger partial charge in [-0.25, -0.2) is 9.78 Å². The van der Waals surface area contributed by atoms with Crippen LogP contribution in [0.1, 0.15) is 36.3 Å². The van der Waals surface area contributed by atoms with E-state index < -0.39 is 5.97 Å². The Morgan fingerprint density at radius 3 is 2.58 bits per heavy atom. The Bertz CT molecular complexity index is 1090. The third kappa shape index (κ3) is 6.10. The number of hydrogen-bond donors (Lipinski definition) is 2. The van der Waals surface area contributed by atoms with Crippen molar-refractivity contribution in [3.05, 3.63) is 53.9 Å². The standard InChI is InChI=1S/C25H32N4O4/c1-17(2)14-21(30)28-22-20-15-19(26-11-10-18-8-6-5-7-9-18)16-27-24(20)29(12-13-32-3)23(22)25(31)33-4/h5-9,15-17,26H,10-14H2,1-4H3,(H,28,30). The van der Waals surface area contributed by atoms with Gasteiger partial charge in [-0.05, 0) is 24.0 Å². The quantitative estimate of drug-likeness (QED) is 0.425. The van der Waals surface area contributed by atoms with Crippen LogP contribution >= 0.6 is 0 Å². The number of ether oxygens (including phenoxy) is 2. The van der Waals surface area contributed by atoms with Crippen LogP contribution in [0.5, 0.6) is 0 Å². The van der Waals surface area contributed by atoms with E-state index in [4.69, 9.17) is 9.47 Å². The van der Waals surface area contributed by atoms with Gasteiger partial charge in [-0.3, -0.25) is 4.79 Å². The molecule has 0 fully saturated rings. The number of anilines is 2. The number of fused-ring (bicyclic) bond motifs is 1. The summed E-state index contributed by atoms with van der Waals surface area (Å²) in [6, 6.07) is 12.1. The van der Waals surface area contributed by atoms with E-state index in [2.05, 4.69) is 27.8 Å². The molecule has 0 aliphatic heterocycles. The molecule has 176 valence electrons. The maximum atomic E-state index is 12.7. The van der Waals surface area contributed by atoms with Crippen LogP contribution in [0.3, 0.4) is 0 Å². The van der Waals surface area contributed by atoms with E-state index in [0.29, 0.717) is 36.3 Å². The van der Waals surface area contributed by atoms with Crippen molar-refractivity contribution < 1.29 is 19.1 Å². The molecule has 2 aromatic heterocycles. The Kier molecular flexibility index (Phi) is 8.43. The van der Waals surface area contributed by atoms with Crippen molar-refractivity contribution in [3.8, 4) is 0 Å². The van der Waals surface area contributed by atoms with Gasteiger partial charge in [0, 0.05) is 32.0 Å². The number of benzene rings is 1. The number of carbonyl (C=O) groups excluding carboxylic acids is 2. The molecule has 0 saturated heterocycles. The van der Waals surface area contributed by atoms with Crippen molar-refractivity contribution in [1.82, 2.24) is 9.55 Å². The Morgan fingerprint density at radius 2 is 1.91 bits per heavy atom. The van der Waals surface area contributed by atoms with Gasteiger partial charge < -0.3 is 24.7 Å². The number of nitrogens with one attached hydrogen (secondary N) is 2. The first-order chi connectivity index (χ1) is 15.9. The predicted molar refractivity (Wildman–Crippen MR) is 130 cm³/mol. The van der Waals surface area contributed by atoms with Gasteiger partial charge in [0.2, 0.25) is 5.91 Å². The topological polar surface area (TPSA) is 94.5 Å². The molecule has 8 heteroatoms. The summed E-state index contributed by atoms with van der Waals surface area (Å²) in [5, 5.41) is 7.00. The van der Waals surface area contributed by atoms with Gasteiger partial charge in [0.25, 0.3) is 0 Å². The zero-order chi connectivity index (χ0) is 23.8. The molecule has 3 rings (SSSR count). The molecule has 0 radical (unpaired) electrons. The third-order valence-corrected chi connectivity index (χ3v) is 5.24. The first kappa shape index (κ1) is 24.3. The zero-order valence-corrected chi connectivity index (χ0v) is 19.7. The number of amides is 1. The Labute approximate surface area is 194 Å². The van der Waals surface area contributed by atoms with Crippen LogP contribution in [0.15, 0.2) is 42.6 Å². The van der Waals surface area contributed by atoms with Gasteiger partial charge >= 0.3 is 5.97 Å². The normalized spacial score (nSPS) is 11.1. The van der Waals surface area contributed by atoms with Crippen LogP contribution in [0.4, 0.5) is 11.4 Å². The van der Waals surface area contributed by atoms with Gasteiger partial charge in [-0.1, -0.05) is 44.2 Å². The lowest BCUT2D eigenvalue weighted by atomic mass is 10.1. The van der Waals surface area contributed by atoms with E-state index in [9.17, 15) is 9.59 Å². The van der Waals surface area contributed by atoms with Crippen LogP contribution in [-0.2, 0) is 27.2 Å². The highest BCUT2D eigenvalue weighted by molar-refractivity contribution is 6.11. The minimum atomic E-state index is -0.539. The van der Waals surface area contributed by atoms with Crippen molar-refractivity contribution in [2.24, 2.45) is 5.92 Å². The average Bonchev–Trinajstić information content (AvgIpc) is 3.09. The molecule has 33 heavy (non-hydrogen) atoms. The second kappa shape index (κ2) is 11.5. The number of esters is 1. The highest BCUT2D eigenvalue weighted by atomic mass is 16.5. The molecular formula is C25H32N4O4. The van der Waals surface area contributed by atoms with Crippen molar-refractivity contribution in [2.45, 2.75) is 33.2 Å². The summed E-state index contributed by atoms with van der Waals surface area (Å²) in [6.45, 7) is 5.44. The predicted octanol–water partition coefficient (Wildman–Crippen LogP) is 4.11. The van der Waals surface area contributed by atoms with Gasteiger partial charge in [0.05, 0.1) is 31.3 Å². The number of nitrogens with zero attached hydrogens (tertiary/aromatic N) is 2. The molecular weight excluding hydrogens is 420 g/mol.